The van der Waals surface area contributed by atoms with E-state index in [2.05, 4.69) is 43.5 Å². The summed E-state index contributed by atoms with van der Waals surface area (Å²) >= 11 is 0. The van der Waals surface area contributed by atoms with Gasteiger partial charge < -0.3 is 20.9 Å². The summed E-state index contributed by atoms with van der Waals surface area (Å²) in [6.07, 6.45) is 9.05. The van der Waals surface area contributed by atoms with Crippen LogP contribution in [0.3, 0.4) is 0 Å². The van der Waals surface area contributed by atoms with E-state index in [1.165, 1.54) is 31.2 Å². The van der Waals surface area contributed by atoms with Gasteiger partial charge >= 0.3 is 0 Å². The zero-order valence-electron chi connectivity index (χ0n) is 20.9. The average molecular weight is 490 g/mol. The number of aliphatic hydroxyl groups is 1. The number of fused-ring (bicyclic) bond motifs is 1. The van der Waals surface area contributed by atoms with Crippen LogP contribution in [0.25, 0.3) is 11.0 Å². The van der Waals surface area contributed by atoms with Gasteiger partial charge in [0.2, 0.25) is 5.95 Å². The number of aliphatic hydroxyl groups excluding tert-OH is 1. The maximum absolute atomic E-state index is 9.65. The van der Waals surface area contributed by atoms with Crippen LogP contribution < -0.4 is 15.8 Å². The number of methoxy groups -OCH3 is 1. The number of hydrogen-bond donors (Lipinski definition) is 3. The third-order valence-corrected chi connectivity index (χ3v) is 9.00. The number of anilines is 2. The van der Waals surface area contributed by atoms with E-state index in [0.29, 0.717) is 23.3 Å². The van der Waals surface area contributed by atoms with Gasteiger partial charge in [0, 0.05) is 37.2 Å². The van der Waals surface area contributed by atoms with Crippen molar-refractivity contribution in [3.05, 3.63) is 35.5 Å². The number of nitrogens with zero attached hydrogens (tertiary/aromatic N) is 5. The first-order valence-electron chi connectivity index (χ1n) is 13.2. The molecule has 7 rings (SSSR count). The first-order valence-corrected chi connectivity index (χ1v) is 13.2. The van der Waals surface area contributed by atoms with Gasteiger partial charge in [0.1, 0.15) is 16.8 Å². The molecule has 0 atom stereocenters. The van der Waals surface area contributed by atoms with Crippen molar-refractivity contribution in [2.24, 2.45) is 16.7 Å². The van der Waals surface area contributed by atoms with Crippen LogP contribution in [0.2, 0.25) is 0 Å². The molecular formula is C27H35N7O2. The molecule has 9 nitrogen and oxygen atoms in total. The summed E-state index contributed by atoms with van der Waals surface area (Å²) in [5, 5.41) is 17.8. The van der Waals surface area contributed by atoms with E-state index in [1.54, 1.807) is 13.3 Å². The van der Waals surface area contributed by atoms with Crippen LogP contribution in [0.1, 0.15) is 49.7 Å². The Morgan fingerprint density at radius 2 is 1.92 bits per heavy atom. The Morgan fingerprint density at radius 3 is 2.64 bits per heavy atom. The van der Waals surface area contributed by atoms with Gasteiger partial charge in [0.15, 0.2) is 5.82 Å². The highest BCUT2D eigenvalue weighted by molar-refractivity contribution is 5.86. The SMILES string of the molecule is COc1cc(CN2CC3(CC(O)C3)C2)ccc1Cn1ncc2nc(N)nc(NCC3CC4(CC4)C3)c21. The van der Waals surface area contributed by atoms with E-state index in [4.69, 9.17) is 10.5 Å². The summed E-state index contributed by atoms with van der Waals surface area (Å²) < 4.78 is 7.73. The number of nitrogen functional groups attached to an aromatic ring is 1. The van der Waals surface area contributed by atoms with E-state index < -0.39 is 0 Å². The molecule has 3 aromatic rings. The van der Waals surface area contributed by atoms with Crippen LogP contribution >= 0.6 is 0 Å². The molecule has 3 saturated carbocycles. The van der Waals surface area contributed by atoms with Gasteiger partial charge in [-0.25, -0.2) is 4.98 Å². The van der Waals surface area contributed by atoms with Crippen LogP contribution in [0.4, 0.5) is 11.8 Å². The van der Waals surface area contributed by atoms with Crippen molar-refractivity contribution in [3.8, 4) is 5.75 Å². The molecule has 2 aromatic heterocycles. The first kappa shape index (κ1) is 22.3. The number of aromatic nitrogens is 4. The highest BCUT2D eigenvalue weighted by Crippen LogP contribution is 2.63. The number of hydrogen-bond acceptors (Lipinski definition) is 8. The molecule has 1 saturated heterocycles. The van der Waals surface area contributed by atoms with Gasteiger partial charge in [-0.2, -0.15) is 10.1 Å². The summed E-state index contributed by atoms with van der Waals surface area (Å²) in [6.45, 7) is 4.53. The van der Waals surface area contributed by atoms with Gasteiger partial charge in [-0.15, -0.1) is 0 Å². The lowest BCUT2D eigenvalue weighted by atomic mass is 9.62. The van der Waals surface area contributed by atoms with Crippen molar-refractivity contribution in [1.29, 1.82) is 0 Å². The molecule has 3 heterocycles. The maximum atomic E-state index is 9.65. The highest BCUT2D eigenvalue weighted by Gasteiger charge is 2.52. The topological polar surface area (TPSA) is 114 Å². The average Bonchev–Trinajstić information content (AvgIpc) is 3.50. The quantitative estimate of drug-likeness (QED) is 0.442. The fraction of sp³-hybridized carbons (Fsp3) is 0.593. The Hall–Kier alpha value is -2.91. The number of ether oxygens (including phenoxy) is 1. The molecule has 190 valence electrons. The second-order valence-electron chi connectivity index (χ2n) is 12.0. The molecule has 0 unspecified atom stereocenters. The van der Waals surface area contributed by atoms with Crippen LogP contribution in [0.15, 0.2) is 24.4 Å². The second kappa shape index (κ2) is 8.05. The van der Waals surface area contributed by atoms with E-state index in [-0.39, 0.29) is 12.1 Å². The predicted octanol–water partition coefficient (Wildman–Crippen LogP) is 3.02. The van der Waals surface area contributed by atoms with E-state index >= 15 is 0 Å². The number of nitrogens with one attached hydrogen (secondary N) is 1. The maximum Gasteiger partial charge on any atom is 0.222 e. The lowest BCUT2D eigenvalue weighted by Crippen LogP contribution is -2.63. The van der Waals surface area contributed by atoms with Gasteiger partial charge in [-0.05, 0) is 61.5 Å². The molecule has 1 aliphatic heterocycles. The van der Waals surface area contributed by atoms with Crippen LogP contribution in [0, 0.1) is 16.7 Å². The number of rotatable bonds is 8. The zero-order chi connectivity index (χ0) is 24.5. The van der Waals surface area contributed by atoms with Crippen LogP contribution in [-0.4, -0.2) is 62.6 Å². The Morgan fingerprint density at radius 1 is 1.11 bits per heavy atom. The van der Waals surface area contributed by atoms with Crippen LogP contribution in [-0.2, 0) is 13.1 Å². The molecule has 1 aromatic carbocycles. The van der Waals surface area contributed by atoms with Gasteiger partial charge in [-0.3, -0.25) is 9.58 Å². The Bertz CT molecular complexity index is 1290. The minimum absolute atomic E-state index is 0.0875. The molecule has 0 bridgehead atoms. The normalized spacial score (nSPS) is 23.9. The number of nitrogens with two attached hydrogens (primary N) is 1. The lowest BCUT2D eigenvalue weighted by molar-refractivity contribution is -0.131. The summed E-state index contributed by atoms with van der Waals surface area (Å²) in [7, 11) is 1.72. The monoisotopic (exact) mass is 489 g/mol. The summed E-state index contributed by atoms with van der Waals surface area (Å²) in [6, 6.07) is 6.46. The molecule has 9 heteroatoms. The molecule has 4 aliphatic rings. The Kier molecular flexibility index (Phi) is 4.98. The lowest BCUT2D eigenvalue weighted by Gasteiger charge is -2.58. The van der Waals surface area contributed by atoms with Crippen molar-refractivity contribution in [3.63, 3.8) is 0 Å². The fourth-order valence-corrected chi connectivity index (χ4v) is 7.04. The molecule has 4 fully saturated rings. The van der Waals surface area contributed by atoms with Gasteiger partial charge in [-0.1, -0.05) is 12.1 Å². The third-order valence-electron chi connectivity index (χ3n) is 9.00. The van der Waals surface area contributed by atoms with Crippen LogP contribution in [0.5, 0.6) is 5.75 Å². The van der Waals surface area contributed by atoms with Crippen molar-refractivity contribution in [2.45, 2.75) is 57.7 Å². The smallest absolute Gasteiger partial charge is 0.222 e. The van der Waals surface area contributed by atoms with Crippen molar-refractivity contribution < 1.29 is 9.84 Å². The fourth-order valence-electron chi connectivity index (χ4n) is 7.04. The zero-order valence-corrected chi connectivity index (χ0v) is 20.9. The van der Waals surface area contributed by atoms with Gasteiger partial charge in [0.05, 0.1) is 26.0 Å². The minimum Gasteiger partial charge on any atom is -0.496 e. The Balaban J connectivity index is 1.07. The molecular weight excluding hydrogens is 454 g/mol. The van der Waals surface area contributed by atoms with Crippen molar-refractivity contribution in [1.82, 2.24) is 24.6 Å². The molecule has 0 amide bonds. The molecule has 36 heavy (non-hydrogen) atoms. The highest BCUT2D eigenvalue weighted by atomic mass is 16.5. The molecule has 0 radical (unpaired) electrons. The summed E-state index contributed by atoms with van der Waals surface area (Å²) in [5.74, 6) is 2.59. The van der Waals surface area contributed by atoms with Crippen molar-refractivity contribution >= 4 is 22.8 Å². The number of benzene rings is 1. The summed E-state index contributed by atoms with van der Waals surface area (Å²) in [5.41, 5.74) is 11.0. The predicted molar refractivity (Wildman–Crippen MR) is 138 cm³/mol. The standard InChI is InChI=1S/C27H35N7O2/c1-36-22-6-17(13-33-15-27(16-33)9-20(35)10-27)2-3-19(22)14-34-23-21(12-30-34)31-25(28)32-24(23)29-11-18-7-26(8-18)4-5-26/h2-3,6,12,18,20,35H,4-5,7-11,13-16H2,1H3,(H3,28,29,31,32). The second-order valence-corrected chi connectivity index (χ2v) is 12.0. The van der Waals surface area contributed by atoms with E-state index in [1.807, 2.05) is 4.68 Å². The third kappa shape index (κ3) is 3.89. The first-order chi connectivity index (χ1) is 17.4. The molecule has 4 N–H and O–H groups in total. The van der Waals surface area contributed by atoms with Gasteiger partial charge in [0.25, 0.3) is 0 Å². The molecule has 2 spiro atoms. The summed E-state index contributed by atoms with van der Waals surface area (Å²) in [4.78, 5) is 11.4. The largest absolute Gasteiger partial charge is 0.496 e. The number of likely N-dealkylation sites (tertiary alicyclic amines) is 1. The Labute approximate surface area is 211 Å². The molecule has 3 aliphatic carbocycles. The van der Waals surface area contributed by atoms with E-state index in [0.717, 1.165) is 67.2 Å². The van der Waals surface area contributed by atoms with E-state index in [9.17, 15) is 5.11 Å². The van der Waals surface area contributed by atoms with Crippen molar-refractivity contribution in [2.75, 3.05) is 37.8 Å². The minimum atomic E-state index is -0.0875.